The van der Waals surface area contributed by atoms with Crippen molar-refractivity contribution >= 4 is 46.4 Å². The molecule has 3 N–H and O–H groups in total. The molecule has 0 aliphatic carbocycles. The molecule has 1 atom stereocenters. The number of aromatic nitrogens is 1. The Labute approximate surface area is 161 Å². The van der Waals surface area contributed by atoms with Gasteiger partial charge in [-0.25, -0.2) is 4.98 Å². The third kappa shape index (κ3) is 4.68. The van der Waals surface area contributed by atoms with Gasteiger partial charge in [-0.1, -0.05) is 23.2 Å². The number of carbonyl (C=O) groups is 2. The summed E-state index contributed by atoms with van der Waals surface area (Å²) in [5.41, 5.74) is -3.51. The van der Waals surface area contributed by atoms with E-state index in [1.54, 1.807) is 6.07 Å². The maximum absolute atomic E-state index is 12.7. The molecular weight excluding hydrogens is 410 g/mol. The number of carbonyl (C=O) groups excluding carboxylic acids is 2. The van der Waals surface area contributed by atoms with Gasteiger partial charge in [0.25, 0.3) is 11.8 Å². The van der Waals surface area contributed by atoms with Crippen molar-refractivity contribution in [3.05, 3.63) is 52.3 Å². The van der Waals surface area contributed by atoms with Crippen molar-refractivity contribution in [3.8, 4) is 0 Å². The maximum Gasteiger partial charge on any atom is 0.426 e. The Kier molecular flexibility index (Phi) is 5.98. The van der Waals surface area contributed by atoms with E-state index in [1.807, 2.05) is 5.32 Å². The number of nitrogens with one attached hydrogen (secondary N) is 2. The summed E-state index contributed by atoms with van der Waals surface area (Å²) in [6, 6.07) is 6.57. The van der Waals surface area contributed by atoms with Crippen molar-refractivity contribution in [3.63, 3.8) is 0 Å². The average Bonchev–Trinajstić information content (AvgIpc) is 2.57. The largest absolute Gasteiger partial charge is 0.426 e. The average molecular weight is 422 g/mol. The number of rotatable bonds is 4. The van der Waals surface area contributed by atoms with Gasteiger partial charge in [-0.2, -0.15) is 13.2 Å². The van der Waals surface area contributed by atoms with Crippen LogP contribution in [-0.2, 0) is 4.79 Å². The van der Waals surface area contributed by atoms with Crippen LogP contribution >= 0.6 is 23.2 Å². The standard InChI is InChI=1S/C16H12Cl2F3N3O3/c1-15(27,16(19,20)21)14(26)24-10-5-4-8(7-9(10)17)13(25)23-11-3-2-6-22-12(11)18/h2-7,27H,1H3,(H,23,25)(H,24,26)/t15-/m1/s1. The van der Waals surface area contributed by atoms with Crippen LogP contribution in [-0.4, -0.2) is 33.7 Å². The van der Waals surface area contributed by atoms with Crippen LogP contribution in [0.1, 0.15) is 17.3 Å². The van der Waals surface area contributed by atoms with Gasteiger partial charge in [0.15, 0.2) is 5.15 Å². The Bertz CT molecular complexity index is 889. The van der Waals surface area contributed by atoms with Crippen LogP contribution in [0.5, 0.6) is 0 Å². The van der Waals surface area contributed by atoms with Crippen molar-refractivity contribution in [2.75, 3.05) is 10.6 Å². The van der Waals surface area contributed by atoms with Crippen molar-refractivity contribution in [2.45, 2.75) is 18.7 Å². The van der Waals surface area contributed by atoms with Crippen LogP contribution in [0, 0.1) is 0 Å². The maximum atomic E-state index is 12.7. The number of anilines is 2. The van der Waals surface area contributed by atoms with E-state index in [9.17, 15) is 27.9 Å². The summed E-state index contributed by atoms with van der Waals surface area (Å²) in [4.78, 5) is 27.7. The van der Waals surface area contributed by atoms with Crippen LogP contribution in [0.25, 0.3) is 0 Å². The molecule has 0 radical (unpaired) electrons. The summed E-state index contributed by atoms with van der Waals surface area (Å²) < 4.78 is 38.1. The number of alkyl halides is 3. The van der Waals surface area contributed by atoms with Gasteiger partial charge in [-0.3, -0.25) is 9.59 Å². The lowest BCUT2D eigenvalue weighted by Gasteiger charge is -2.25. The van der Waals surface area contributed by atoms with Crippen molar-refractivity contribution in [1.29, 1.82) is 0 Å². The number of amides is 2. The minimum absolute atomic E-state index is 0.0560. The molecule has 0 unspecified atom stereocenters. The number of hydrogen-bond acceptors (Lipinski definition) is 4. The highest BCUT2D eigenvalue weighted by molar-refractivity contribution is 6.34. The summed E-state index contributed by atoms with van der Waals surface area (Å²) in [7, 11) is 0. The number of nitrogens with zero attached hydrogens (tertiary/aromatic N) is 1. The highest BCUT2D eigenvalue weighted by Crippen LogP contribution is 2.32. The molecule has 0 aliphatic rings. The SMILES string of the molecule is C[C@@](O)(C(=O)Nc1ccc(C(=O)Nc2cccnc2Cl)cc1Cl)C(F)(F)F. The molecule has 0 fully saturated rings. The molecule has 0 saturated carbocycles. The summed E-state index contributed by atoms with van der Waals surface area (Å²) >= 11 is 11.8. The van der Waals surface area contributed by atoms with E-state index in [0.29, 0.717) is 6.92 Å². The zero-order chi connectivity index (χ0) is 20.4. The molecule has 144 valence electrons. The number of hydrogen-bond donors (Lipinski definition) is 3. The van der Waals surface area contributed by atoms with Gasteiger partial charge in [0, 0.05) is 11.8 Å². The van der Waals surface area contributed by atoms with E-state index in [2.05, 4.69) is 10.3 Å². The lowest BCUT2D eigenvalue weighted by atomic mass is 10.1. The lowest BCUT2D eigenvalue weighted by Crippen LogP contribution is -2.52. The second-order valence-corrected chi connectivity index (χ2v) is 6.28. The van der Waals surface area contributed by atoms with E-state index in [1.165, 1.54) is 18.3 Å². The third-order valence-corrected chi connectivity index (χ3v) is 4.09. The Morgan fingerprint density at radius 3 is 2.33 bits per heavy atom. The van der Waals surface area contributed by atoms with E-state index in [4.69, 9.17) is 23.2 Å². The smallest absolute Gasteiger partial charge is 0.373 e. The first-order chi connectivity index (χ1) is 12.4. The zero-order valence-electron chi connectivity index (χ0n) is 13.6. The molecule has 27 heavy (non-hydrogen) atoms. The quantitative estimate of drug-likeness (QED) is 0.653. The first-order valence-corrected chi connectivity index (χ1v) is 8.01. The minimum Gasteiger partial charge on any atom is -0.373 e. The molecule has 1 aromatic heterocycles. The highest BCUT2D eigenvalue weighted by Gasteiger charge is 2.55. The first kappa shape index (κ1) is 20.9. The van der Waals surface area contributed by atoms with E-state index < -0.39 is 23.6 Å². The molecule has 2 amide bonds. The molecule has 1 heterocycles. The van der Waals surface area contributed by atoms with Gasteiger partial charge >= 0.3 is 6.18 Å². The molecule has 1 aromatic carbocycles. The van der Waals surface area contributed by atoms with Crippen molar-refractivity contribution < 1.29 is 27.9 Å². The second-order valence-electron chi connectivity index (χ2n) is 5.51. The monoisotopic (exact) mass is 421 g/mol. The topological polar surface area (TPSA) is 91.3 Å². The number of aliphatic hydroxyl groups is 1. The third-order valence-electron chi connectivity index (χ3n) is 3.48. The molecule has 11 heteroatoms. The van der Waals surface area contributed by atoms with Crippen LogP contribution in [0.4, 0.5) is 24.5 Å². The fourth-order valence-corrected chi connectivity index (χ4v) is 2.20. The number of pyridine rings is 1. The predicted molar refractivity (Wildman–Crippen MR) is 94.0 cm³/mol. The van der Waals surface area contributed by atoms with Crippen LogP contribution < -0.4 is 10.6 Å². The predicted octanol–water partition coefficient (Wildman–Crippen LogP) is 3.89. The Hall–Kier alpha value is -2.36. The molecule has 0 aliphatic heterocycles. The van der Waals surface area contributed by atoms with Gasteiger partial charge in [-0.05, 0) is 37.3 Å². The molecule has 0 bridgehead atoms. The first-order valence-electron chi connectivity index (χ1n) is 7.25. The zero-order valence-corrected chi connectivity index (χ0v) is 15.1. The van der Waals surface area contributed by atoms with Gasteiger partial charge in [-0.15, -0.1) is 0 Å². The second kappa shape index (κ2) is 7.71. The molecule has 0 spiro atoms. The molecule has 2 rings (SSSR count). The number of halogens is 5. The van der Waals surface area contributed by atoms with E-state index in [0.717, 1.165) is 12.1 Å². The van der Waals surface area contributed by atoms with Gasteiger partial charge in [0.05, 0.1) is 16.4 Å². The highest BCUT2D eigenvalue weighted by atomic mass is 35.5. The molecule has 0 saturated heterocycles. The summed E-state index contributed by atoms with van der Waals surface area (Å²) in [5.74, 6) is -2.32. The Morgan fingerprint density at radius 1 is 1.11 bits per heavy atom. The number of benzene rings is 1. The van der Waals surface area contributed by atoms with Gasteiger partial charge in [0.1, 0.15) is 0 Å². The Balaban J connectivity index is 2.17. The van der Waals surface area contributed by atoms with Crippen LogP contribution in [0.2, 0.25) is 10.2 Å². The minimum atomic E-state index is -5.17. The van der Waals surface area contributed by atoms with Gasteiger partial charge in [0.2, 0.25) is 5.60 Å². The van der Waals surface area contributed by atoms with E-state index in [-0.39, 0.29) is 27.1 Å². The van der Waals surface area contributed by atoms with Crippen LogP contribution in [0.3, 0.4) is 0 Å². The fourth-order valence-electron chi connectivity index (χ4n) is 1.80. The lowest BCUT2D eigenvalue weighted by molar-refractivity contribution is -0.242. The van der Waals surface area contributed by atoms with Crippen molar-refractivity contribution in [1.82, 2.24) is 4.98 Å². The normalized spacial score (nSPS) is 13.6. The molecule has 2 aromatic rings. The van der Waals surface area contributed by atoms with Crippen molar-refractivity contribution in [2.24, 2.45) is 0 Å². The molecule has 6 nitrogen and oxygen atoms in total. The van der Waals surface area contributed by atoms with E-state index >= 15 is 0 Å². The molecular formula is C16H12Cl2F3N3O3. The summed E-state index contributed by atoms with van der Waals surface area (Å²) in [6.45, 7) is 0.315. The van der Waals surface area contributed by atoms with Crippen LogP contribution in [0.15, 0.2) is 36.5 Å². The summed E-state index contributed by atoms with van der Waals surface area (Å²) in [6.07, 6.45) is -3.74. The Morgan fingerprint density at radius 2 is 1.78 bits per heavy atom. The summed E-state index contributed by atoms with van der Waals surface area (Å²) in [5, 5.41) is 13.6. The van der Waals surface area contributed by atoms with Gasteiger partial charge < -0.3 is 15.7 Å². The fraction of sp³-hybridized carbons (Fsp3) is 0.188.